The van der Waals surface area contributed by atoms with Crippen molar-refractivity contribution >= 4 is 28.2 Å². The normalized spacial score (nSPS) is 17.4. The van der Waals surface area contributed by atoms with Crippen LogP contribution in [0.15, 0.2) is 6.20 Å². The largest absolute Gasteiger partial charge is 0.365 e. The van der Waals surface area contributed by atoms with Gasteiger partial charge in [0.05, 0.1) is 28.5 Å². The van der Waals surface area contributed by atoms with E-state index in [1.54, 1.807) is 0 Å². The summed E-state index contributed by atoms with van der Waals surface area (Å²) in [5.74, 6) is -1.47. The molecule has 152 valence electrons. The summed E-state index contributed by atoms with van der Waals surface area (Å²) in [5.41, 5.74) is 4.53. The number of alkyl halides is 2. The summed E-state index contributed by atoms with van der Waals surface area (Å²) in [6.45, 7) is 7.55. The van der Waals surface area contributed by atoms with Crippen LogP contribution in [0.5, 0.6) is 0 Å². The van der Waals surface area contributed by atoms with Crippen LogP contribution in [0.3, 0.4) is 0 Å². The van der Waals surface area contributed by atoms with Gasteiger partial charge in [-0.05, 0) is 33.3 Å². The SMILES string of the molecule is Cn1ncc(C(=O)Nc2sc3c(c2C(N)=O)CC(C)(C)OC3(C)C)c1C(F)F. The molecule has 2 aromatic rings. The molecule has 0 aromatic carbocycles. The topological polar surface area (TPSA) is 99.2 Å². The minimum atomic E-state index is -2.87. The number of hydrogen-bond donors (Lipinski definition) is 2. The van der Waals surface area contributed by atoms with Crippen LogP contribution >= 0.6 is 11.3 Å². The van der Waals surface area contributed by atoms with E-state index in [1.165, 1.54) is 18.4 Å². The summed E-state index contributed by atoms with van der Waals surface area (Å²) in [4.78, 5) is 25.6. The predicted octanol–water partition coefficient (Wildman–Crippen LogP) is 3.36. The standard InChI is InChI=1S/C18H22F2N4O3S/c1-17(2)6-8-10(14(21)25)16(28-12(8)18(3,4)27-17)23-15(26)9-7-22-24(5)11(9)13(19)20/h7,13H,6H2,1-5H3,(H2,21,25)(H,23,26). The molecule has 3 N–H and O–H groups in total. The van der Waals surface area contributed by atoms with Crippen LogP contribution in [0.1, 0.15) is 71.0 Å². The second-order valence-electron chi connectivity index (χ2n) is 7.85. The zero-order chi connectivity index (χ0) is 21.0. The van der Waals surface area contributed by atoms with E-state index in [1.807, 2.05) is 27.7 Å². The van der Waals surface area contributed by atoms with E-state index in [-0.39, 0.29) is 16.1 Å². The van der Waals surface area contributed by atoms with Crippen molar-refractivity contribution in [3.8, 4) is 0 Å². The minimum absolute atomic E-state index is 0.195. The smallest absolute Gasteiger partial charge is 0.280 e. The van der Waals surface area contributed by atoms with Gasteiger partial charge in [-0.15, -0.1) is 11.3 Å². The third-order valence-electron chi connectivity index (χ3n) is 4.60. The van der Waals surface area contributed by atoms with Crippen molar-refractivity contribution in [2.45, 2.75) is 51.7 Å². The van der Waals surface area contributed by atoms with Crippen LogP contribution in [-0.4, -0.2) is 27.2 Å². The highest BCUT2D eigenvalue weighted by Gasteiger charge is 2.43. The molecule has 0 unspecified atom stereocenters. The Bertz CT molecular complexity index is 962. The third-order valence-corrected chi connectivity index (χ3v) is 6.05. The minimum Gasteiger partial charge on any atom is -0.365 e. The Morgan fingerprint density at radius 1 is 1.36 bits per heavy atom. The van der Waals surface area contributed by atoms with Crippen molar-refractivity contribution in [2.75, 3.05) is 5.32 Å². The summed E-state index contributed by atoms with van der Waals surface area (Å²) in [6.07, 6.45) is -1.36. The van der Waals surface area contributed by atoms with E-state index >= 15 is 0 Å². The van der Waals surface area contributed by atoms with Crippen LogP contribution in [0, 0.1) is 0 Å². The van der Waals surface area contributed by atoms with Crippen LogP contribution in [0.4, 0.5) is 13.8 Å². The van der Waals surface area contributed by atoms with Crippen LogP contribution < -0.4 is 11.1 Å². The maximum absolute atomic E-state index is 13.3. The molecule has 3 rings (SSSR count). The van der Waals surface area contributed by atoms with E-state index in [0.29, 0.717) is 12.0 Å². The number of primary amides is 1. The molecule has 0 saturated heterocycles. The lowest BCUT2D eigenvalue weighted by molar-refractivity contribution is -0.135. The molecule has 0 atom stereocenters. The van der Waals surface area contributed by atoms with Gasteiger partial charge in [-0.2, -0.15) is 5.10 Å². The molecule has 0 aliphatic carbocycles. The van der Waals surface area contributed by atoms with Crippen molar-refractivity contribution in [1.29, 1.82) is 0 Å². The van der Waals surface area contributed by atoms with E-state index in [9.17, 15) is 18.4 Å². The monoisotopic (exact) mass is 412 g/mol. The van der Waals surface area contributed by atoms with Crippen LogP contribution in [0.25, 0.3) is 0 Å². The second-order valence-corrected chi connectivity index (χ2v) is 8.87. The second kappa shape index (κ2) is 6.63. The molecule has 0 spiro atoms. The zero-order valence-corrected chi connectivity index (χ0v) is 17.0. The molecule has 0 fully saturated rings. The van der Waals surface area contributed by atoms with Crippen LogP contribution in [0.2, 0.25) is 0 Å². The molecule has 7 nitrogen and oxygen atoms in total. The van der Waals surface area contributed by atoms with E-state index < -0.39 is 35.1 Å². The Morgan fingerprint density at radius 3 is 2.57 bits per heavy atom. The van der Waals surface area contributed by atoms with Gasteiger partial charge in [-0.3, -0.25) is 14.3 Å². The molecule has 2 aromatic heterocycles. The number of nitrogens with zero attached hydrogens (tertiary/aromatic N) is 2. The lowest BCUT2D eigenvalue weighted by Crippen LogP contribution is -2.42. The number of hydrogen-bond acceptors (Lipinski definition) is 5. The Labute approximate surface area is 164 Å². The summed E-state index contributed by atoms with van der Waals surface area (Å²) >= 11 is 1.17. The maximum atomic E-state index is 13.3. The molecular formula is C18H22F2N4O3S. The van der Waals surface area contributed by atoms with Crippen molar-refractivity contribution in [3.63, 3.8) is 0 Å². The van der Waals surface area contributed by atoms with Crippen LogP contribution in [-0.2, 0) is 23.8 Å². The number of carbonyl (C=O) groups excluding carboxylic acids is 2. The number of fused-ring (bicyclic) bond motifs is 1. The number of amides is 2. The lowest BCUT2D eigenvalue weighted by atomic mass is 9.86. The Morgan fingerprint density at radius 2 is 2.00 bits per heavy atom. The number of thiophene rings is 1. The van der Waals surface area contributed by atoms with Gasteiger partial charge in [0.15, 0.2) is 0 Å². The fourth-order valence-electron chi connectivity index (χ4n) is 3.72. The van der Waals surface area contributed by atoms with E-state index in [4.69, 9.17) is 10.5 Å². The van der Waals surface area contributed by atoms with Gasteiger partial charge in [-0.1, -0.05) is 0 Å². The molecule has 0 bridgehead atoms. The van der Waals surface area contributed by atoms with Crippen molar-refractivity contribution in [3.05, 3.63) is 33.5 Å². The molecule has 0 radical (unpaired) electrons. The van der Waals surface area contributed by atoms with Crippen molar-refractivity contribution < 1.29 is 23.1 Å². The van der Waals surface area contributed by atoms with Gasteiger partial charge in [-0.25, -0.2) is 8.78 Å². The first kappa shape index (κ1) is 20.4. The molecule has 1 aliphatic rings. The molecule has 2 amide bonds. The lowest BCUT2D eigenvalue weighted by Gasteiger charge is -2.41. The average molecular weight is 412 g/mol. The van der Waals surface area contributed by atoms with Crippen molar-refractivity contribution in [1.82, 2.24) is 9.78 Å². The molecule has 28 heavy (non-hydrogen) atoms. The van der Waals surface area contributed by atoms with Gasteiger partial charge < -0.3 is 15.8 Å². The summed E-state index contributed by atoms with van der Waals surface area (Å²) < 4.78 is 33.6. The summed E-state index contributed by atoms with van der Waals surface area (Å²) in [5, 5.41) is 6.53. The van der Waals surface area contributed by atoms with Gasteiger partial charge in [0.25, 0.3) is 18.2 Å². The van der Waals surface area contributed by atoms with Gasteiger partial charge in [0.2, 0.25) is 0 Å². The molecule has 10 heteroatoms. The Kier molecular flexibility index (Phi) is 4.83. The number of aromatic nitrogens is 2. The fraction of sp³-hybridized carbons (Fsp3) is 0.500. The predicted molar refractivity (Wildman–Crippen MR) is 101 cm³/mol. The number of nitrogens with two attached hydrogens (primary N) is 1. The number of halogens is 2. The fourth-order valence-corrected chi connectivity index (χ4v) is 4.98. The molecule has 3 heterocycles. The number of ether oxygens (including phenoxy) is 1. The Hall–Kier alpha value is -2.33. The highest BCUT2D eigenvalue weighted by atomic mass is 32.1. The first-order valence-corrected chi connectivity index (χ1v) is 9.43. The first-order chi connectivity index (χ1) is 12.8. The van der Waals surface area contributed by atoms with Crippen molar-refractivity contribution in [2.24, 2.45) is 12.8 Å². The zero-order valence-electron chi connectivity index (χ0n) is 16.2. The number of rotatable bonds is 4. The molecule has 1 aliphatic heterocycles. The Balaban J connectivity index is 2.06. The van der Waals surface area contributed by atoms with E-state index in [2.05, 4.69) is 10.4 Å². The van der Waals surface area contributed by atoms with Gasteiger partial charge >= 0.3 is 0 Å². The third kappa shape index (κ3) is 3.42. The number of aryl methyl sites for hydroxylation is 1. The molecular weight excluding hydrogens is 390 g/mol. The quantitative estimate of drug-likeness (QED) is 0.804. The first-order valence-electron chi connectivity index (χ1n) is 8.61. The average Bonchev–Trinajstić information content (AvgIpc) is 3.06. The number of carbonyl (C=O) groups is 2. The van der Waals surface area contributed by atoms with Gasteiger partial charge in [0.1, 0.15) is 10.7 Å². The summed E-state index contributed by atoms with van der Waals surface area (Å²) in [7, 11) is 1.33. The highest BCUT2D eigenvalue weighted by molar-refractivity contribution is 7.17. The van der Waals surface area contributed by atoms with E-state index in [0.717, 1.165) is 15.8 Å². The molecule has 0 saturated carbocycles. The highest BCUT2D eigenvalue weighted by Crippen LogP contribution is 2.48. The maximum Gasteiger partial charge on any atom is 0.280 e. The number of nitrogens with one attached hydrogen (secondary N) is 1. The number of anilines is 1. The summed E-state index contributed by atoms with van der Waals surface area (Å²) in [6, 6.07) is 0. The van der Waals surface area contributed by atoms with Gasteiger partial charge in [0, 0.05) is 18.3 Å².